The van der Waals surface area contributed by atoms with E-state index in [9.17, 15) is 4.79 Å². The van der Waals surface area contributed by atoms with E-state index < -0.39 is 11.9 Å². The Labute approximate surface area is 129 Å². The predicted molar refractivity (Wildman–Crippen MR) is 81.9 cm³/mol. The highest BCUT2D eigenvalue weighted by molar-refractivity contribution is 6.33. The Hall–Kier alpha value is -1.46. The molecule has 3 N–H and O–H groups in total. The lowest BCUT2D eigenvalue weighted by molar-refractivity contribution is -0.120. The molecule has 5 nitrogen and oxygen atoms in total. The van der Waals surface area contributed by atoms with E-state index in [1.165, 1.54) is 27.1 Å². The van der Waals surface area contributed by atoms with Crippen molar-refractivity contribution in [3.8, 4) is 11.5 Å². The Morgan fingerprint density at radius 2 is 2.00 bits per heavy atom. The average molecular weight is 313 g/mol. The number of primary amides is 1. The molecule has 0 radical (unpaired) electrons. The molecule has 6 heteroatoms. The molecule has 0 heterocycles. The molecule has 1 aromatic rings. The van der Waals surface area contributed by atoms with Gasteiger partial charge >= 0.3 is 0 Å². The average Bonchev–Trinajstić information content (AvgIpc) is 2.97. The van der Waals surface area contributed by atoms with Gasteiger partial charge in [-0.25, -0.2) is 0 Å². The number of halogens is 1. The van der Waals surface area contributed by atoms with Crippen LogP contribution in [0.2, 0.25) is 5.02 Å². The van der Waals surface area contributed by atoms with Crippen molar-refractivity contribution in [1.29, 1.82) is 0 Å². The first-order chi connectivity index (χ1) is 10.1. The second kappa shape index (κ2) is 7.00. The first-order valence-corrected chi connectivity index (χ1v) is 7.42. The quantitative estimate of drug-likeness (QED) is 0.846. The lowest BCUT2D eigenvalue weighted by atomic mass is 10.0. The van der Waals surface area contributed by atoms with E-state index >= 15 is 0 Å². The zero-order chi connectivity index (χ0) is 15.4. The van der Waals surface area contributed by atoms with Gasteiger partial charge in [-0.15, -0.1) is 0 Å². The van der Waals surface area contributed by atoms with E-state index in [4.69, 9.17) is 26.8 Å². The van der Waals surface area contributed by atoms with Crippen LogP contribution in [0.1, 0.15) is 37.3 Å². The highest BCUT2D eigenvalue weighted by Crippen LogP contribution is 2.40. The summed E-state index contributed by atoms with van der Waals surface area (Å²) in [4.78, 5) is 11.8. The highest BCUT2D eigenvalue weighted by Gasteiger charge is 2.27. The second-order valence-electron chi connectivity index (χ2n) is 5.19. The van der Waals surface area contributed by atoms with E-state index in [0.29, 0.717) is 28.1 Å². The maximum absolute atomic E-state index is 11.8. The van der Waals surface area contributed by atoms with Gasteiger partial charge in [-0.1, -0.05) is 30.5 Å². The minimum Gasteiger partial charge on any atom is -0.493 e. The molecule has 1 aromatic carbocycles. The van der Waals surface area contributed by atoms with Gasteiger partial charge in [0.25, 0.3) is 0 Å². The molecule has 1 atom stereocenters. The van der Waals surface area contributed by atoms with Crippen molar-refractivity contribution in [3.63, 3.8) is 0 Å². The lowest BCUT2D eigenvalue weighted by Gasteiger charge is -2.23. The molecule has 1 fully saturated rings. The van der Waals surface area contributed by atoms with Gasteiger partial charge in [0, 0.05) is 11.6 Å². The summed E-state index contributed by atoms with van der Waals surface area (Å²) in [5, 5.41) is 3.66. The highest BCUT2D eigenvalue weighted by atomic mass is 35.5. The molecular formula is C15H21ClN2O3. The fourth-order valence-electron chi connectivity index (χ4n) is 2.78. The van der Waals surface area contributed by atoms with Crippen LogP contribution < -0.4 is 20.5 Å². The molecule has 1 saturated carbocycles. The van der Waals surface area contributed by atoms with E-state index in [0.717, 1.165) is 12.8 Å². The van der Waals surface area contributed by atoms with E-state index in [-0.39, 0.29) is 0 Å². The Morgan fingerprint density at radius 1 is 1.33 bits per heavy atom. The van der Waals surface area contributed by atoms with E-state index in [1.54, 1.807) is 12.1 Å². The number of benzene rings is 1. The van der Waals surface area contributed by atoms with Crippen LogP contribution in [0.25, 0.3) is 0 Å². The van der Waals surface area contributed by atoms with Crippen LogP contribution in [0.4, 0.5) is 0 Å². The number of methoxy groups -OCH3 is 2. The molecule has 0 saturated heterocycles. The second-order valence-corrected chi connectivity index (χ2v) is 5.57. The van der Waals surface area contributed by atoms with Crippen molar-refractivity contribution < 1.29 is 14.3 Å². The standard InChI is InChI=1S/C15H21ClN2O3/c1-20-11-8-7-10(12(16)14(11)21-2)13(15(17)19)18-9-5-3-4-6-9/h7-9,13,18H,3-6H2,1-2H3,(H2,17,19). The third-order valence-corrected chi connectivity index (χ3v) is 4.26. The van der Waals surface area contributed by atoms with Gasteiger partial charge in [0.2, 0.25) is 5.91 Å². The Balaban J connectivity index is 2.33. The molecule has 1 aliphatic carbocycles. The summed E-state index contributed by atoms with van der Waals surface area (Å²) in [6.45, 7) is 0. The third-order valence-electron chi connectivity index (χ3n) is 3.87. The number of amides is 1. The van der Waals surface area contributed by atoms with Crippen LogP contribution >= 0.6 is 11.6 Å². The molecule has 0 spiro atoms. The van der Waals surface area contributed by atoms with Gasteiger partial charge in [0.1, 0.15) is 6.04 Å². The predicted octanol–water partition coefficient (Wildman–Crippen LogP) is 2.42. The summed E-state index contributed by atoms with van der Waals surface area (Å²) < 4.78 is 10.5. The normalized spacial score (nSPS) is 16.7. The Kier molecular flexibility index (Phi) is 5.31. The molecule has 1 aliphatic rings. The van der Waals surface area contributed by atoms with Crippen LogP contribution in [-0.2, 0) is 4.79 Å². The smallest absolute Gasteiger partial charge is 0.239 e. The SMILES string of the molecule is COc1ccc(C(NC2CCCC2)C(N)=O)c(Cl)c1OC. The number of hydrogen-bond acceptors (Lipinski definition) is 4. The number of nitrogens with one attached hydrogen (secondary N) is 1. The van der Waals surface area contributed by atoms with Gasteiger partial charge in [0.05, 0.1) is 19.2 Å². The van der Waals surface area contributed by atoms with Crippen molar-refractivity contribution >= 4 is 17.5 Å². The van der Waals surface area contributed by atoms with Crippen molar-refractivity contribution in [2.24, 2.45) is 5.73 Å². The van der Waals surface area contributed by atoms with E-state index in [1.807, 2.05) is 0 Å². The summed E-state index contributed by atoms with van der Waals surface area (Å²) in [6.07, 6.45) is 4.44. The largest absolute Gasteiger partial charge is 0.493 e. The zero-order valence-electron chi connectivity index (χ0n) is 12.3. The van der Waals surface area contributed by atoms with Crippen LogP contribution in [0.5, 0.6) is 11.5 Å². The van der Waals surface area contributed by atoms with Crippen LogP contribution in [0.15, 0.2) is 12.1 Å². The molecular weight excluding hydrogens is 292 g/mol. The Morgan fingerprint density at radius 3 is 2.52 bits per heavy atom. The number of hydrogen-bond donors (Lipinski definition) is 2. The van der Waals surface area contributed by atoms with Crippen molar-refractivity contribution in [2.75, 3.05) is 14.2 Å². The maximum Gasteiger partial charge on any atom is 0.239 e. The minimum atomic E-state index is -0.625. The van der Waals surface area contributed by atoms with Crippen LogP contribution in [-0.4, -0.2) is 26.2 Å². The van der Waals surface area contributed by atoms with Crippen molar-refractivity contribution in [1.82, 2.24) is 5.32 Å². The maximum atomic E-state index is 11.8. The van der Waals surface area contributed by atoms with E-state index in [2.05, 4.69) is 5.32 Å². The topological polar surface area (TPSA) is 73.6 Å². The third kappa shape index (κ3) is 3.41. The number of rotatable bonds is 6. The molecule has 0 bridgehead atoms. The molecule has 0 aliphatic heterocycles. The lowest BCUT2D eigenvalue weighted by Crippen LogP contribution is -2.39. The van der Waals surface area contributed by atoms with Gasteiger partial charge in [-0.05, 0) is 18.9 Å². The molecule has 21 heavy (non-hydrogen) atoms. The molecule has 1 amide bonds. The number of ether oxygens (including phenoxy) is 2. The minimum absolute atomic E-state index is 0.298. The summed E-state index contributed by atoms with van der Waals surface area (Å²) in [6, 6.07) is 3.15. The van der Waals surface area contributed by atoms with Gasteiger partial charge in [-0.3, -0.25) is 10.1 Å². The van der Waals surface area contributed by atoms with Crippen molar-refractivity contribution in [2.45, 2.75) is 37.8 Å². The summed E-state index contributed by atoms with van der Waals surface area (Å²) in [5.74, 6) is 0.488. The van der Waals surface area contributed by atoms with Crippen LogP contribution in [0.3, 0.4) is 0 Å². The fourth-order valence-corrected chi connectivity index (χ4v) is 3.12. The van der Waals surface area contributed by atoms with Gasteiger partial charge < -0.3 is 15.2 Å². The fraction of sp³-hybridized carbons (Fsp3) is 0.533. The first-order valence-electron chi connectivity index (χ1n) is 7.04. The Bertz CT molecular complexity index is 516. The first kappa shape index (κ1) is 15.9. The summed E-state index contributed by atoms with van der Waals surface area (Å²) >= 11 is 6.36. The molecule has 0 aromatic heterocycles. The van der Waals surface area contributed by atoms with Gasteiger partial charge in [-0.2, -0.15) is 0 Å². The summed E-state index contributed by atoms with van der Waals surface area (Å²) in [5.41, 5.74) is 6.16. The number of carbonyl (C=O) groups is 1. The van der Waals surface area contributed by atoms with Crippen molar-refractivity contribution in [3.05, 3.63) is 22.7 Å². The zero-order valence-corrected chi connectivity index (χ0v) is 13.1. The molecule has 2 rings (SSSR count). The molecule has 116 valence electrons. The van der Waals surface area contributed by atoms with Crippen LogP contribution in [0, 0.1) is 0 Å². The number of carbonyl (C=O) groups excluding carboxylic acids is 1. The van der Waals surface area contributed by atoms with Gasteiger partial charge in [0.15, 0.2) is 11.5 Å². The molecule has 1 unspecified atom stereocenters. The summed E-state index contributed by atoms with van der Waals surface area (Å²) in [7, 11) is 3.05. The monoisotopic (exact) mass is 312 g/mol. The number of nitrogens with two attached hydrogens (primary N) is 1.